The van der Waals surface area contributed by atoms with Crippen LogP contribution in [0, 0.1) is 0 Å². The normalized spacial score (nSPS) is 10.9. The third-order valence-corrected chi connectivity index (χ3v) is 5.40. The average Bonchev–Trinajstić information content (AvgIpc) is 2.71. The lowest BCUT2D eigenvalue weighted by molar-refractivity contribution is -0.123. The summed E-state index contributed by atoms with van der Waals surface area (Å²) >= 11 is 0. The van der Waals surface area contributed by atoms with Crippen molar-refractivity contribution >= 4 is 27.6 Å². The predicted molar refractivity (Wildman–Crippen MR) is 107 cm³/mol. The molecule has 150 valence electrons. The summed E-state index contributed by atoms with van der Waals surface area (Å²) < 4.78 is 32.6. The minimum Gasteiger partial charge on any atom is -0.452 e. The van der Waals surface area contributed by atoms with Crippen LogP contribution in [0.25, 0.3) is 0 Å². The summed E-state index contributed by atoms with van der Waals surface area (Å²) in [5, 5.41) is 2.33. The number of ether oxygens (including phenoxy) is 1. The quantitative estimate of drug-likeness (QED) is 0.626. The Morgan fingerprint density at radius 1 is 1.07 bits per heavy atom. The van der Waals surface area contributed by atoms with Crippen LogP contribution < -0.4 is 10.0 Å². The summed E-state index contributed by atoms with van der Waals surface area (Å²) in [5.41, 5.74) is 1.63. The number of unbranched alkanes of at least 4 members (excludes halogenated alkanes) is 1. The largest absolute Gasteiger partial charge is 0.452 e. The number of carbonyl (C=O) groups is 2. The fraction of sp³-hybridized carbons (Fsp3) is 0.300. The summed E-state index contributed by atoms with van der Waals surface area (Å²) in [5.74, 6) is -1.23. The Hall–Kier alpha value is -2.87. The van der Waals surface area contributed by atoms with Gasteiger partial charge in [-0.15, -0.1) is 0 Å². The van der Waals surface area contributed by atoms with Gasteiger partial charge in [-0.1, -0.05) is 31.5 Å². The molecule has 0 atom stereocenters. The Kier molecular flexibility index (Phi) is 7.57. The third kappa shape index (κ3) is 6.09. The van der Waals surface area contributed by atoms with Crippen LogP contribution >= 0.6 is 0 Å². The number of amides is 1. The van der Waals surface area contributed by atoms with E-state index in [0.717, 1.165) is 24.8 Å². The predicted octanol–water partition coefficient (Wildman–Crippen LogP) is 2.73. The van der Waals surface area contributed by atoms with Crippen molar-refractivity contribution in [3.8, 4) is 0 Å². The van der Waals surface area contributed by atoms with Crippen LogP contribution in [0.1, 0.15) is 35.7 Å². The number of benzene rings is 2. The topological polar surface area (TPSA) is 102 Å². The van der Waals surface area contributed by atoms with Crippen molar-refractivity contribution in [2.24, 2.45) is 0 Å². The maximum absolute atomic E-state index is 12.6. The van der Waals surface area contributed by atoms with Gasteiger partial charge in [0.2, 0.25) is 0 Å². The number of sulfonamides is 1. The Bertz CT molecular complexity index is 924. The molecule has 2 rings (SSSR count). The average molecular weight is 404 g/mol. The molecule has 0 aliphatic carbocycles. The lowest BCUT2D eigenvalue weighted by Crippen LogP contribution is -2.25. The van der Waals surface area contributed by atoms with Crippen molar-refractivity contribution in [1.29, 1.82) is 0 Å². The minimum atomic E-state index is -3.87. The molecule has 28 heavy (non-hydrogen) atoms. The summed E-state index contributed by atoms with van der Waals surface area (Å²) in [4.78, 5) is 23.1. The molecule has 0 aliphatic heterocycles. The van der Waals surface area contributed by atoms with Crippen molar-refractivity contribution in [3.05, 3.63) is 59.7 Å². The van der Waals surface area contributed by atoms with Crippen LogP contribution in [0.4, 0.5) is 5.69 Å². The second-order valence-electron chi connectivity index (χ2n) is 6.18. The maximum Gasteiger partial charge on any atom is 0.338 e. The zero-order chi connectivity index (χ0) is 20.6. The molecule has 0 unspecified atom stereocenters. The Morgan fingerprint density at radius 3 is 2.43 bits per heavy atom. The maximum atomic E-state index is 12.6. The molecular formula is C20H24N2O5S. The number of aryl methyl sites for hydroxylation is 1. The highest BCUT2D eigenvalue weighted by Crippen LogP contribution is 2.19. The van der Waals surface area contributed by atoms with Gasteiger partial charge in [-0.3, -0.25) is 9.52 Å². The lowest BCUT2D eigenvalue weighted by atomic mass is 10.1. The number of hydrogen-bond acceptors (Lipinski definition) is 5. The highest BCUT2D eigenvalue weighted by atomic mass is 32.2. The van der Waals surface area contributed by atoms with Crippen LogP contribution in [-0.4, -0.2) is 33.9 Å². The van der Waals surface area contributed by atoms with Crippen molar-refractivity contribution in [2.75, 3.05) is 18.4 Å². The standard InChI is InChI=1S/C20H24N2O5S/c1-3-4-6-15-9-11-17(12-10-15)22-28(25,26)18-8-5-7-16(13-18)20(24)27-14-19(23)21-2/h5,7-13,22H,3-4,6,14H2,1-2H3,(H,21,23). The van der Waals surface area contributed by atoms with Crippen molar-refractivity contribution in [2.45, 2.75) is 31.1 Å². The first-order valence-electron chi connectivity index (χ1n) is 8.95. The van der Waals surface area contributed by atoms with Gasteiger partial charge in [-0.25, -0.2) is 13.2 Å². The highest BCUT2D eigenvalue weighted by molar-refractivity contribution is 7.92. The molecule has 0 fully saturated rings. The molecule has 0 bridgehead atoms. The van der Waals surface area contributed by atoms with E-state index >= 15 is 0 Å². The number of anilines is 1. The first-order chi connectivity index (χ1) is 13.4. The molecule has 1 amide bonds. The van der Waals surface area contributed by atoms with E-state index in [1.165, 1.54) is 31.3 Å². The van der Waals surface area contributed by atoms with E-state index in [0.29, 0.717) is 5.69 Å². The number of nitrogens with one attached hydrogen (secondary N) is 2. The molecule has 0 aliphatic rings. The van der Waals surface area contributed by atoms with Crippen LogP contribution in [0.2, 0.25) is 0 Å². The molecule has 2 aromatic carbocycles. The van der Waals surface area contributed by atoms with Crippen LogP contribution in [-0.2, 0) is 26.0 Å². The summed E-state index contributed by atoms with van der Waals surface area (Å²) in [6.45, 7) is 1.68. The van der Waals surface area contributed by atoms with Crippen molar-refractivity contribution in [3.63, 3.8) is 0 Å². The van der Waals surface area contributed by atoms with Gasteiger partial charge < -0.3 is 10.1 Å². The van der Waals surface area contributed by atoms with Gasteiger partial charge in [0.15, 0.2) is 6.61 Å². The summed E-state index contributed by atoms with van der Waals surface area (Å²) in [6.07, 6.45) is 3.12. The van der Waals surface area contributed by atoms with Gasteiger partial charge in [-0.05, 0) is 48.7 Å². The SMILES string of the molecule is CCCCc1ccc(NS(=O)(=O)c2cccc(C(=O)OCC(=O)NC)c2)cc1. The van der Waals surface area contributed by atoms with E-state index in [1.54, 1.807) is 12.1 Å². The molecule has 0 radical (unpaired) electrons. The Labute approximate surface area is 165 Å². The molecule has 0 heterocycles. The second kappa shape index (κ2) is 9.89. The summed E-state index contributed by atoms with van der Waals surface area (Å²) in [6, 6.07) is 12.7. The lowest BCUT2D eigenvalue weighted by Gasteiger charge is -2.10. The highest BCUT2D eigenvalue weighted by Gasteiger charge is 2.17. The summed E-state index contributed by atoms with van der Waals surface area (Å²) in [7, 11) is -2.45. The number of hydrogen-bond donors (Lipinski definition) is 2. The van der Waals surface area contributed by atoms with Crippen LogP contribution in [0.3, 0.4) is 0 Å². The van der Waals surface area contributed by atoms with Gasteiger partial charge in [0, 0.05) is 12.7 Å². The van der Waals surface area contributed by atoms with Crippen LogP contribution in [0.5, 0.6) is 0 Å². The van der Waals surface area contributed by atoms with Crippen LogP contribution in [0.15, 0.2) is 53.4 Å². The number of esters is 1. The fourth-order valence-electron chi connectivity index (χ4n) is 2.41. The first kappa shape index (κ1) is 21.4. The Morgan fingerprint density at radius 2 is 1.79 bits per heavy atom. The van der Waals surface area contributed by atoms with E-state index in [4.69, 9.17) is 4.74 Å². The zero-order valence-electron chi connectivity index (χ0n) is 15.9. The Balaban J connectivity index is 2.10. The fourth-order valence-corrected chi connectivity index (χ4v) is 3.52. The molecule has 0 aromatic heterocycles. The zero-order valence-corrected chi connectivity index (χ0v) is 16.7. The van der Waals surface area contributed by atoms with E-state index in [2.05, 4.69) is 17.0 Å². The van der Waals surface area contributed by atoms with E-state index < -0.39 is 28.5 Å². The van der Waals surface area contributed by atoms with E-state index in [1.807, 2.05) is 12.1 Å². The monoisotopic (exact) mass is 404 g/mol. The minimum absolute atomic E-state index is 0.0432. The smallest absolute Gasteiger partial charge is 0.338 e. The molecule has 2 N–H and O–H groups in total. The number of carbonyl (C=O) groups excluding carboxylic acids is 2. The molecule has 7 nitrogen and oxygen atoms in total. The van der Waals surface area contributed by atoms with E-state index in [-0.39, 0.29) is 10.5 Å². The van der Waals surface area contributed by atoms with Gasteiger partial charge >= 0.3 is 5.97 Å². The molecule has 0 saturated carbocycles. The van der Waals surface area contributed by atoms with Gasteiger partial charge in [0.25, 0.3) is 15.9 Å². The number of rotatable bonds is 9. The van der Waals surface area contributed by atoms with Gasteiger partial charge in [0.05, 0.1) is 10.5 Å². The van der Waals surface area contributed by atoms with E-state index in [9.17, 15) is 18.0 Å². The van der Waals surface area contributed by atoms with Gasteiger partial charge in [0.1, 0.15) is 0 Å². The van der Waals surface area contributed by atoms with Gasteiger partial charge in [-0.2, -0.15) is 0 Å². The van der Waals surface area contributed by atoms with Crippen molar-refractivity contribution < 1.29 is 22.7 Å². The third-order valence-electron chi connectivity index (χ3n) is 4.02. The molecule has 2 aromatic rings. The second-order valence-corrected chi connectivity index (χ2v) is 7.87. The van der Waals surface area contributed by atoms with Crippen molar-refractivity contribution in [1.82, 2.24) is 5.32 Å². The molecular weight excluding hydrogens is 380 g/mol. The first-order valence-corrected chi connectivity index (χ1v) is 10.4. The molecule has 0 saturated heterocycles. The number of likely N-dealkylation sites (N-methyl/N-ethyl adjacent to an activating group) is 1. The molecule has 0 spiro atoms. The molecule has 8 heteroatoms.